The summed E-state index contributed by atoms with van der Waals surface area (Å²) in [5.41, 5.74) is 0. The molecular formula is C14H22Cl4N4O3S. The molecule has 3 N–H and O–H groups in total. The number of piperidine rings is 1. The highest BCUT2D eigenvalue weighted by Crippen LogP contribution is 2.28. The molecule has 0 unspecified atom stereocenters. The Bertz CT molecular complexity index is 712. The average molecular weight is 468 g/mol. The van der Waals surface area contributed by atoms with Gasteiger partial charge in [-0.3, -0.25) is 4.79 Å². The van der Waals surface area contributed by atoms with Crippen molar-refractivity contribution in [2.24, 2.45) is 0 Å². The Balaban J connectivity index is 0.00000312. The Labute approximate surface area is 175 Å². The fraction of sp³-hybridized carbons (Fsp3) is 0.571. The Morgan fingerprint density at radius 1 is 1.27 bits per heavy atom. The highest BCUT2D eigenvalue weighted by atomic mass is 35.5. The van der Waals surface area contributed by atoms with Crippen molar-refractivity contribution < 1.29 is 13.2 Å². The SMILES string of the molecule is CS(=O)(=O)C1(C(=O)NCCNc2ncc(Cl)cc2Cl)CCNCC1.Cl.Cl. The number of carbonyl (C=O) groups is 1. The van der Waals surface area contributed by atoms with E-state index in [2.05, 4.69) is 20.9 Å². The molecule has 2 rings (SSSR count). The molecule has 0 spiro atoms. The fourth-order valence-electron chi connectivity index (χ4n) is 2.66. The third-order valence-corrected chi connectivity index (χ3v) is 6.55. The molecule has 0 saturated carbocycles. The van der Waals surface area contributed by atoms with Crippen LogP contribution in [-0.4, -0.2) is 56.5 Å². The van der Waals surface area contributed by atoms with Gasteiger partial charge in [0.1, 0.15) is 5.82 Å². The van der Waals surface area contributed by atoms with E-state index in [4.69, 9.17) is 23.2 Å². The van der Waals surface area contributed by atoms with Gasteiger partial charge in [-0.1, -0.05) is 23.2 Å². The molecule has 1 saturated heterocycles. The van der Waals surface area contributed by atoms with Crippen molar-refractivity contribution in [1.82, 2.24) is 15.6 Å². The number of carbonyl (C=O) groups excluding carboxylic acids is 1. The summed E-state index contributed by atoms with van der Waals surface area (Å²) in [5.74, 6) is -0.00142. The van der Waals surface area contributed by atoms with E-state index in [0.29, 0.717) is 35.5 Å². The van der Waals surface area contributed by atoms with Gasteiger partial charge in [0, 0.05) is 25.5 Å². The number of sulfone groups is 1. The van der Waals surface area contributed by atoms with Crippen LogP contribution < -0.4 is 16.0 Å². The van der Waals surface area contributed by atoms with Crippen molar-refractivity contribution in [3.63, 3.8) is 0 Å². The van der Waals surface area contributed by atoms with Gasteiger partial charge in [-0.25, -0.2) is 13.4 Å². The maximum absolute atomic E-state index is 12.5. The molecule has 150 valence electrons. The second kappa shape index (κ2) is 10.7. The standard InChI is InChI=1S/C14H20Cl2N4O3S.2ClH/c1-24(22,23)14(2-4-17-5-3-14)13(21)19-7-6-18-12-11(16)8-10(15)9-20-12;;/h8-9,17H,2-7H2,1H3,(H,18,20)(H,19,21);2*1H. The molecule has 0 radical (unpaired) electrons. The van der Waals surface area contributed by atoms with E-state index in [-0.39, 0.29) is 44.2 Å². The lowest BCUT2D eigenvalue weighted by Gasteiger charge is -2.34. The molecule has 1 aromatic rings. The van der Waals surface area contributed by atoms with Crippen LogP contribution >= 0.6 is 48.0 Å². The minimum absolute atomic E-state index is 0. The number of anilines is 1. The van der Waals surface area contributed by atoms with Crippen LogP contribution in [0.3, 0.4) is 0 Å². The zero-order chi connectivity index (χ0) is 17.8. The van der Waals surface area contributed by atoms with Gasteiger partial charge in [0.2, 0.25) is 5.91 Å². The molecule has 0 atom stereocenters. The van der Waals surface area contributed by atoms with Gasteiger partial charge in [0.25, 0.3) is 0 Å². The van der Waals surface area contributed by atoms with Crippen LogP contribution in [0.25, 0.3) is 0 Å². The van der Waals surface area contributed by atoms with Crippen molar-refractivity contribution in [1.29, 1.82) is 0 Å². The van der Waals surface area contributed by atoms with Crippen LogP contribution in [-0.2, 0) is 14.6 Å². The highest BCUT2D eigenvalue weighted by molar-refractivity contribution is 7.92. The molecule has 1 aliphatic rings. The first kappa shape index (κ1) is 25.5. The fourth-order valence-corrected chi connectivity index (χ4v) is 4.46. The van der Waals surface area contributed by atoms with Crippen molar-refractivity contribution >= 4 is 69.6 Å². The summed E-state index contributed by atoms with van der Waals surface area (Å²) in [6.45, 7) is 1.62. The minimum atomic E-state index is -3.51. The summed E-state index contributed by atoms with van der Waals surface area (Å²) >= 11 is 11.8. The second-order valence-corrected chi connectivity index (χ2v) is 8.85. The van der Waals surface area contributed by atoms with Gasteiger partial charge in [0.15, 0.2) is 14.6 Å². The third-order valence-electron chi connectivity index (χ3n) is 4.05. The number of amides is 1. The summed E-state index contributed by atoms with van der Waals surface area (Å²) in [5, 5.41) is 9.55. The van der Waals surface area contributed by atoms with E-state index in [9.17, 15) is 13.2 Å². The van der Waals surface area contributed by atoms with Gasteiger partial charge in [-0.15, -0.1) is 24.8 Å². The molecule has 26 heavy (non-hydrogen) atoms. The first-order valence-corrected chi connectivity index (χ1v) is 10.1. The lowest BCUT2D eigenvalue weighted by Crippen LogP contribution is -2.57. The number of rotatable bonds is 6. The summed E-state index contributed by atoms with van der Waals surface area (Å²) in [6.07, 6.45) is 3.13. The number of aromatic nitrogens is 1. The molecular weight excluding hydrogens is 446 g/mol. The van der Waals surface area contributed by atoms with Crippen molar-refractivity contribution in [2.75, 3.05) is 37.8 Å². The molecule has 1 aliphatic heterocycles. The molecule has 7 nitrogen and oxygen atoms in total. The number of hydrogen-bond donors (Lipinski definition) is 3. The summed E-state index contributed by atoms with van der Waals surface area (Å²) in [6, 6.07) is 1.56. The molecule has 0 aromatic carbocycles. The van der Waals surface area contributed by atoms with E-state index in [1.165, 1.54) is 6.20 Å². The molecule has 1 amide bonds. The Morgan fingerprint density at radius 3 is 2.42 bits per heavy atom. The number of nitrogens with one attached hydrogen (secondary N) is 3. The van der Waals surface area contributed by atoms with Crippen molar-refractivity contribution in [3.05, 3.63) is 22.3 Å². The lowest BCUT2D eigenvalue weighted by atomic mass is 9.96. The van der Waals surface area contributed by atoms with Crippen LogP contribution in [0.15, 0.2) is 12.3 Å². The lowest BCUT2D eigenvalue weighted by molar-refractivity contribution is -0.124. The smallest absolute Gasteiger partial charge is 0.241 e. The number of pyridine rings is 1. The zero-order valence-electron chi connectivity index (χ0n) is 14.0. The Morgan fingerprint density at radius 2 is 1.88 bits per heavy atom. The van der Waals surface area contributed by atoms with Crippen LogP contribution in [0.4, 0.5) is 5.82 Å². The first-order valence-electron chi connectivity index (χ1n) is 7.50. The topological polar surface area (TPSA) is 100 Å². The summed E-state index contributed by atoms with van der Waals surface area (Å²) in [7, 11) is -3.51. The van der Waals surface area contributed by atoms with Crippen LogP contribution in [0, 0.1) is 0 Å². The zero-order valence-corrected chi connectivity index (χ0v) is 18.0. The maximum Gasteiger partial charge on any atom is 0.241 e. The minimum Gasteiger partial charge on any atom is -0.367 e. The molecule has 0 bridgehead atoms. The van der Waals surface area contributed by atoms with E-state index in [1.807, 2.05) is 0 Å². The Kier molecular flexibility index (Phi) is 10.5. The Hall–Kier alpha value is -0.510. The van der Waals surface area contributed by atoms with E-state index < -0.39 is 20.5 Å². The van der Waals surface area contributed by atoms with Gasteiger partial charge >= 0.3 is 0 Å². The van der Waals surface area contributed by atoms with Crippen LogP contribution in [0.1, 0.15) is 12.8 Å². The van der Waals surface area contributed by atoms with E-state index in [0.717, 1.165) is 6.26 Å². The molecule has 0 aliphatic carbocycles. The number of nitrogens with zero attached hydrogens (tertiary/aromatic N) is 1. The largest absolute Gasteiger partial charge is 0.367 e. The van der Waals surface area contributed by atoms with Crippen molar-refractivity contribution in [3.8, 4) is 0 Å². The predicted octanol–water partition coefficient (Wildman–Crippen LogP) is 1.93. The molecule has 1 aromatic heterocycles. The average Bonchev–Trinajstić information content (AvgIpc) is 2.52. The van der Waals surface area contributed by atoms with Gasteiger partial charge in [-0.2, -0.15) is 0 Å². The second-order valence-electron chi connectivity index (χ2n) is 5.68. The summed E-state index contributed by atoms with van der Waals surface area (Å²) in [4.78, 5) is 16.5. The molecule has 1 fully saturated rings. The predicted molar refractivity (Wildman–Crippen MR) is 110 cm³/mol. The monoisotopic (exact) mass is 466 g/mol. The first-order chi connectivity index (χ1) is 11.3. The van der Waals surface area contributed by atoms with Crippen LogP contribution in [0.5, 0.6) is 0 Å². The van der Waals surface area contributed by atoms with Crippen LogP contribution in [0.2, 0.25) is 10.0 Å². The molecule has 12 heteroatoms. The number of halogens is 4. The highest BCUT2D eigenvalue weighted by Gasteiger charge is 2.48. The molecule has 2 heterocycles. The van der Waals surface area contributed by atoms with Gasteiger partial charge < -0.3 is 16.0 Å². The quantitative estimate of drug-likeness (QED) is 0.552. The van der Waals surface area contributed by atoms with E-state index >= 15 is 0 Å². The number of hydrogen-bond acceptors (Lipinski definition) is 6. The van der Waals surface area contributed by atoms with E-state index in [1.54, 1.807) is 6.07 Å². The third kappa shape index (κ3) is 6.00. The maximum atomic E-state index is 12.5. The summed E-state index contributed by atoms with van der Waals surface area (Å²) < 4.78 is 22.9. The van der Waals surface area contributed by atoms with Gasteiger partial charge in [-0.05, 0) is 32.0 Å². The van der Waals surface area contributed by atoms with Crippen molar-refractivity contribution in [2.45, 2.75) is 17.6 Å². The normalized spacial score (nSPS) is 16.0. The van der Waals surface area contributed by atoms with Gasteiger partial charge in [0.05, 0.1) is 10.0 Å².